The minimum atomic E-state index is -0.611. The lowest BCUT2D eigenvalue weighted by atomic mass is 10.1. The van der Waals surface area contributed by atoms with Gasteiger partial charge in [0.15, 0.2) is 4.80 Å². The molecule has 0 bridgehead atoms. The number of hydrogen-bond acceptors (Lipinski definition) is 4. The van der Waals surface area contributed by atoms with E-state index in [2.05, 4.69) is 30.6 Å². The minimum Gasteiger partial charge on any atom is -0.463 e. The second-order valence-corrected chi connectivity index (χ2v) is 7.34. The number of rotatable bonds is 4. The van der Waals surface area contributed by atoms with E-state index in [1.165, 1.54) is 23.2 Å². The van der Waals surface area contributed by atoms with Crippen LogP contribution in [0.25, 0.3) is 21.2 Å². The molecule has 0 atom stereocenters. The molecule has 2 aromatic carbocycles. The van der Waals surface area contributed by atoms with Gasteiger partial charge in [0.1, 0.15) is 17.4 Å². The van der Waals surface area contributed by atoms with Gasteiger partial charge in [0.25, 0.3) is 5.91 Å². The van der Waals surface area contributed by atoms with Gasteiger partial charge in [0.05, 0.1) is 15.6 Å². The van der Waals surface area contributed by atoms with Crippen molar-refractivity contribution in [2.75, 3.05) is 0 Å². The third-order valence-electron chi connectivity index (χ3n) is 4.57. The number of fused-ring (bicyclic) bond motifs is 2. The number of hydrogen-bond donors (Lipinski definition) is 0. The molecule has 5 nitrogen and oxygen atoms in total. The van der Waals surface area contributed by atoms with Crippen LogP contribution in [0.1, 0.15) is 22.8 Å². The summed E-state index contributed by atoms with van der Waals surface area (Å²) in [6.07, 6.45) is 3.88. The Labute approximate surface area is 164 Å². The number of aromatic nitrogens is 1. The molecule has 0 aliphatic carbocycles. The number of para-hydroxylation sites is 1. The highest BCUT2D eigenvalue weighted by Gasteiger charge is 2.15. The smallest absolute Gasteiger partial charge is 0.286 e. The van der Waals surface area contributed by atoms with Gasteiger partial charge in [-0.3, -0.25) is 9.59 Å². The summed E-state index contributed by atoms with van der Waals surface area (Å²) >= 11 is 1.42. The molecule has 2 heterocycles. The topological polar surface area (TPSA) is 64.6 Å². The zero-order valence-electron chi connectivity index (χ0n) is 15.3. The van der Waals surface area contributed by atoms with E-state index in [1.54, 1.807) is 30.3 Å². The molecule has 0 unspecified atom stereocenters. The lowest BCUT2D eigenvalue weighted by Crippen LogP contribution is -2.19. The number of thiazole rings is 1. The van der Waals surface area contributed by atoms with Crippen LogP contribution in [0.5, 0.6) is 0 Å². The van der Waals surface area contributed by atoms with Crippen LogP contribution in [0, 0.1) is 0 Å². The van der Waals surface area contributed by atoms with E-state index in [1.807, 2.05) is 10.6 Å². The molecule has 6 heteroatoms. The molecule has 0 N–H and O–H groups in total. The van der Waals surface area contributed by atoms with Gasteiger partial charge in [-0.2, -0.15) is 4.99 Å². The fourth-order valence-electron chi connectivity index (χ4n) is 3.10. The van der Waals surface area contributed by atoms with Crippen molar-refractivity contribution in [3.8, 4) is 0 Å². The molecule has 0 spiro atoms. The van der Waals surface area contributed by atoms with Gasteiger partial charge in [-0.1, -0.05) is 42.5 Å². The fourth-order valence-corrected chi connectivity index (χ4v) is 4.20. The van der Waals surface area contributed by atoms with E-state index in [0.717, 1.165) is 16.6 Å². The van der Waals surface area contributed by atoms with Crippen LogP contribution >= 0.6 is 11.3 Å². The van der Waals surface area contributed by atoms with E-state index in [-0.39, 0.29) is 11.0 Å². The van der Waals surface area contributed by atoms with Crippen molar-refractivity contribution in [2.24, 2.45) is 4.99 Å². The summed E-state index contributed by atoms with van der Waals surface area (Å²) in [7, 11) is 0. The summed E-state index contributed by atoms with van der Waals surface area (Å²) in [6, 6.07) is 13.0. The van der Waals surface area contributed by atoms with Gasteiger partial charge in [0, 0.05) is 6.54 Å². The summed E-state index contributed by atoms with van der Waals surface area (Å²) in [4.78, 5) is 30.2. The first kappa shape index (κ1) is 18.1. The molecule has 28 heavy (non-hydrogen) atoms. The lowest BCUT2D eigenvalue weighted by molar-refractivity contribution is 0.0995. The first-order chi connectivity index (χ1) is 13.6. The van der Waals surface area contributed by atoms with E-state index in [0.29, 0.717) is 22.3 Å². The predicted octanol–water partition coefficient (Wildman–Crippen LogP) is 4.30. The Kier molecular flexibility index (Phi) is 4.79. The maximum atomic E-state index is 12.8. The number of amides is 1. The Hall–Kier alpha value is -3.25. The van der Waals surface area contributed by atoms with Crippen molar-refractivity contribution in [3.05, 3.63) is 87.5 Å². The molecule has 0 aliphatic heterocycles. The van der Waals surface area contributed by atoms with Crippen molar-refractivity contribution in [1.82, 2.24) is 4.57 Å². The maximum absolute atomic E-state index is 12.8. The first-order valence-corrected chi connectivity index (χ1v) is 9.76. The van der Waals surface area contributed by atoms with E-state index < -0.39 is 5.91 Å². The number of carbonyl (C=O) groups is 1. The van der Waals surface area contributed by atoms with Crippen LogP contribution in [0.3, 0.4) is 0 Å². The fraction of sp³-hybridized carbons (Fsp3) is 0.136. The molecule has 1 amide bonds. The van der Waals surface area contributed by atoms with Gasteiger partial charge in [-0.15, -0.1) is 6.58 Å². The molecular formula is C22H18N2O3S. The quantitative estimate of drug-likeness (QED) is 0.488. The molecule has 0 aliphatic rings. The Morgan fingerprint density at radius 1 is 1.29 bits per heavy atom. The Balaban J connectivity index is 1.88. The molecule has 2 aromatic heterocycles. The molecule has 0 radical (unpaired) electrons. The first-order valence-electron chi connectivity index (χ1n) is 8.95. The molecule has 0 saturated carbocycles. The Morgan fingerprint density at radius 3 is 2.89 bits per heavy atom. The molecule has 0 saturated heterocycles. The van der Waals surface area contributed by atoms with Crippen molar-refractivity contribution in [3.63, 3.8) is 0 Å². The summed E-state index contributed by atoms with van der Waals surface area (Å²) in [5.41, 5.74) is 2.20. The number of carbonyl (C=O) groups excluding carboxylic acids is 1. The number of benzene rings is 2. The van der Waals surface area contributed by atoms with Crippen LogP contribution in [-0.4, -0.2) is 10.5 Å². The van der Waals surface area contributed by atoms with E-state index in [4.69, 9.17) is 4.42 Å². The third kappa shape index (κ3) is 3.12. The van der Waals surface area contributed by atoms with E-state index in [9.17, 15) is 9.59 Å². The molecule has 4 aromatic rings. The van der Waals surface area contributed by atoms with Gasteiger partial charge < -0.3 is 8.98 Å². The van der Waals surface area contributed by atoms with Crippen LogP contribution < -0.4 is 10.2 Å². The summed E-state index contributed by atoms with van der Waals surface area (Å²) in [5, 5.41) is 0.367. The zero-order chi connectivity index (χ0) is 19.7. The third-order valence-corrected chi connectivity index (χ3v) is 5.62. The number of nitrogens with zero attached hydrogens (tertiary/aromatic N) is 2. The van der Waals surface area contributed by atoms with Crippen LogP contribution in [0.2, 0.25) is 0 Å². The van der Waals surface area contributed by atoms with E-state index >= 15 is 0 Å². The predicted molar refractivity (Wildman–Crippen MR) is 112 cm³/mol. The summed E-state index contributed by atoms with van der Waals surface area (Å²) in [5.74, 6) is -0.611. The van der Waals surface area contributed by atoms with Crippen LogP contribution in [0.4, 0.5) is 0 Å². The molecule has 0 fully saturated rings. The second kappa shape index (κ2) is 7.40. The number of aryl methyl sites for hydroxylation is 1. The van der Waals surface area contributed by atoms with Crippen LogP contribution in [0.15, 0.2) is 75.6 Å². The summed E-state index contributed by atoms with van der Waals surface area (Å²) < 4.78 is 8.41. The average molecular weight is 390 g/mol. The highest BCUT2D eigenvalue weighted by molar-refractivity contribution is 7.16. The van der Waals surface area contributed by atoms with Crippen molar-refractivity contribution in [2.45, 2.75) is 19.9 Å². The molecule has 140 valence electrons. The number of allylic oxidation sites excluding steroid dienone is 1. The van der Waals surface area contributed by atoms with Gasteiger partial charge in [-0.25, -0.2) is 0 Å². The summed E-state index contributed by atoms with van der Waals surface area (Å²) in [6.45, 7) is 6.41. The minimum absolute atomic E-state index is 0.0736. The standard InChI is InChI=1S/C22H18N2O3S/c1-3-11-24-17-10-9-14(4-2)12-19(17)28-22(24)23-21(26)16-13-27-18-8-6-5-7-15(18)20(16)25/h3,5-10,12-13H,1,4,11H2,2H3. The van der Waals surface area contributed by atoms with Crippen molar-refractivity contribution >= 4 is 38.4 Å². The largest absolute Gasteiger partial charge is 0.463 e. The highest BCUT2D eigenvalue weighted by atomic mass is 32.1. The second-order valence-electron chi connectivity index (χ2n) is 6.33. The van der Waals surface area contributed by atoms with Gasteiger partial charge in [0.2, 0.25) is 5.43 Å². The average Bonchev–Trinajstić information content (AvgIpc) is 3.04. The maximum Gasteiger partial charge on any atom is 0.286 e. The lowest BCUT2D eigenvalue weighted by Gasteiger charge is -2.02. The van der Waals surface area contributed by atoms with Crippen LogP contribution in [-0.2, 0) is 13.0 Å². The normalized spacial score (nSPS) is 12.0. The van der Waals surface area contributed by atoms with Gasteiger partial charge >= 0.3 is 0 Å². The Bertz CT molecular complexity index is 1340. The molecular weight excluding hydrogens is 372 g/mol. The molecule has 4 rings (SSSR count). The van der Waals surface area contributed by atoms with Crippen molar-refractivity contribution in [1.29, 1.82) is 0 Å². The SMILES string of the molecule is C=CCn1c(=NC(=O)c2coc3ccccc3c2=O)sc2cc(CC)ccc21. The zero-order valence-corrected chi connectivity index (χ0v) is 16.2. The highest BCUT2D eigenvalue weighted by Crippen LogP contribution is 2.20. The van der Waals surface area contributed by atoms with Crippen molar-refractivity contribution < 1.29 is 9.21 Å². The Morgan fingerprint density at radius 2 is 2.11 bits per heavy atom. The monoisotopic (exact) mass is 390 g/mol. The van der Waals surface area contributed by atoms with Gasteiger partial charge in [-0.05, 0) is 36.2 Å².